The molecule has 2 heterocycles. The summed E-state index contributed by atoms with van der Waals surface area (Å²) >= 11 is 0. The highest BCUT2D eigenvalue weighted by molar-refractivity contribution is 5.88. The van der Waals surface area contributed by atoms with Crippen LogP contribution in [0.25, 0.3) is 0 Å². The summed E-state index contributed by atoms with van der Waals surface area (Å²) in [5.74, 6) is 0.457. The van der Waals surface area contributed by atoms with E-state index in [0.29, 0.717) is 35.8 Å². The summed E-state index contributed by atoms with van der Waals surface area (Å²) in [5, 5.41) is 28.0. The van der Waals surface area contributed by atoms with E-state index in [1.165, 1.54) is 7.11 Å². The molecule has 8 heteroatoms. The first kappa shape index (κ1) is 30.4. The molecule has 0 aliphatic carbocycles. The standard InChI is InChI=1S/C22H28FN3O2.C2H6O.CH4O/c1-4-12-25-22(27)19-14-18(8-6-5-7-16(2)15-26-19)21(23)17-9-10-20(28-3)24-13-11-17;1-2-3;1-2/h5-11,14-15,21-22,25,27H,4,12-13H2,1-3H3;3H,2H2,1H3;2H,1H3. The highest BCUT2D eigenvalue weighted by Gasteiger charge is 2.16. The van der Waals surface area contributed by atoms with Crippen LogP contribution in [0.2, 0.25) is 0 Å². The number of allylic oxidation sites excluding steroid dienone is 2. The van der Waals surface area contributed by atoms with E-state index in [4.69, 9.17) is 14.9 Å². The SMILES string of the molecule is CCCNC(O)c1cc(C(F)C2=CCN=C(OC)C=C2)ccccc(C)cn1.CCO.CO. The van der Waals surface area contributed by atoms with Crippen molar-refractivity contribution in [1.82, 2.24) is 10.3 Å². The molecule has 1 aromatic heterocycles. The average molecular weight is 464 g/mol. The first-order chi connectivity index (χ1) is 16.0. The van der Waals surface area contributed by atoms with Gasteiger partial charge in [0.05, 0.1) is 19.3 Å². The van der Waals surface area contributed by atoms with Crippen LogP contribution in [0.4, 0.5) is 4.39 Å². The van der Waals surface area contributed by atoms with E-state index >= 15 is 4.39 Å². The number of aliphatic hydroxyl groups excluding tert-OH is 3. The maximum absolute atomic E-state index is 15.4. The quantitative estimate of drug-likeness (QED) is 0.480. The summed E-state index contributed by atoms with van der Waals surface area (Å²) in [6, 6.07) is 8.78. The van der Waals surface area contributed by atoms with Crippen molar-refractivity contribution in [2.24, 2.45) is 4.99 Å². The minimum Gasteiger partial charge on any atom is -0.481 e. The molecule has 2 atom stereocenters. The van der Waals surface area contributed by atoms with Crippen LogP contribution in [-0.2, 0) is 4.74 Å². The van der Waals surface area contributed by atoms with Crippen molar-refractivity contribution < 1.29 is 24.4 Å². The maximum atomic E-state index is 15.4. The Morgan fingerprint density at radius 2 is 1.85 bits per heavy atom. The number of alkyl halides is 1. The summed E-state index contributed by atoms with van der Waals surface area (Å²) in [4.78, 5) is 8.57. The Kier molecular flexibility index (Phi) is 17.4. The molecule has 1 aliphatic rings. The number of aliphatic imine (C=N–C) groups is 1. The molecule has 1 aromatic rings. The van der Waals surface area contributed by atoms with Crippen molar-refractivity contribution in [3.8, 4) is 0 Å². The van der Waals surface area contributed by atoms with Crippen LogP contribution in [0.15, 0.2) is 65.3 Å². The molecule has 0 radical (unpaired) electrons. The van der Waals surface area contributed by atoms with Crippen molar-refractivity contribution in [1.29, 1.82) is 0 Å². The Bertz CT molecular complexity index is 827. The number of nitrogens with zero attached hydrogens (tertiary/aromatic N) is 2. The van der Waals surface area contributed by atoms with Gasteiger partial charge in [-0.3, -0.25) is 10.3 Å². The van der Waals surface area contributed by atoms with E-state index in [1.54, 1.807) is 49.5 Å². The van der Waals surface area contributed by atoms with Gasteiger partial charge in [-0.1, -0.05) is 43.3 Å². The molecule has 0 bridgehead atoms. The number of aromatic nitrogens is 1. The molecule has 0 saturated heterocycles. The fourth-order valence-electron chi connectivity index (χ4n) is 2.58. The summed E-state index contributed by atoms with van der Waals surface area (Å²) in [7, 11) is 2.53. The number of ether oxygens (including phenoxy) is 1. The monoisotopic (exact) mass is 463 g/mol. The molecule has 4 N–H and O–H groups in total. The lowest BCUT2D eigenvalue weighted by molar-refractivity contribution is 0.135. The summed E-state index contributed by atoms with van der Waals surface area (Å²) < 4.78 is 20.5. The van der Waals surface area contributed by atoms with Gasteiger partial charge >= 0.3 is 0 Å². The molecule has 0 aromatic carbocycles. The number of methoxy groups -OCH3 is 1. The zero-order valence-electron chi connectivity index (χ0n) is 20.2. The van der Waals surface area contributed by atoms with Gasteiger partial charge in [0.25, 0.3) is 0 Å². The van der Waals surface area contributed by atoms with Crippen molar-refractivity contribution in [3.05, 3.63) is 77.2 Å². The molecule has 7 nitrogen and oxygen atoms in total. The number of rotatable bonds is 6. The zero-order chi connectivity index (χ0) is 25.1. The average Bonchev–Trinajstić information content (AvgIpc) is 3.08. The van der Waals surface area contributed by atoms with Crippen LogP contribution < -0.4 is 5.32 Å². The molecule has 0 fully saturated rings. The third-order valence-electron chi connectivity index (χ3n) is 4.15. The Labute approximate surface area is 196 Å². The van der Waals surface area contributed by atoms with Gasteiger partial charge in [-0.05, 0) is 49.6 Å². The topological polar surface area (TPSA) is 107 Å². The van der Waals surface area contributed by atoms with Crippen molar-refractivity contribution in [3.63, 3.8) is 0 Å². The zero-order valence-corrected chi connectivity index (χ0v) is 20.2. The predicted molar refractivity (Wildman–Crippen MR) is 131 cm³/mol. The minimum absolute atomic E-state index is 0.250. The summed E-state index contributed by atoms with van der Waals surface area (Å²) in [6.07, 6.45) is 5.19. The molecule has 0 saturated carbocycles. The van der Waals surface area contributed by atoms with Gasteiger partial charge in [-0.2, -0.15) is 0 Å². The number of aryl methyl sites for hydroxylation is 1. The smallest absolute Gasteiger partial charge is 0.208 e. The summed E-state index contributed by atoms with van der Waals surface area (Å²) in [6.45, 7) is 6.82. The van der Waals surface area contributed by atoms with Crippen LogP contribution in [0.3, 0.4) is 0 Å². The Morgan fingerprint density at radius 3 is 2.48 bits per heavy atom. The molecule has 0 spiro atoms. The molecule has 2 rings (SSSR count). The van der Waals surface area contributed by atoms with Gasteiger partial charge in [0.15, 0.2) is 6.17 Å². The summed E-state index contributed by atoms with van der Waals surface area (Å²) in [5.41, 5.74) is 2.16. The van der Waals surface area contributed by atoms with Crippen LogP contribution >= 0.6 is 0 Å². The molecular weight excluding hydrogens is 425 g/mol. The minimum atomic E-state index is -1.39. The van der Waals surface area contributed by atoms with E-state index in [1.807, 2.05) is 26.0 Å². The van der Waals surface area contributed by atoms with Crippen LogP contribution in [-0.4, -0.2) is 60.1 Å². The van der Waals surface area contributed by atoms with Gasteiger partial charge in [0, 0.05) is 26.0 Å². The molecular formula is C25H38FN3O4. The van der Waals surface area contributed by atoms with Crippen LogP contribution in [0.5, 0.6) is 0 Å². The predicted octanol–water partition coefficient (Wildman–Crippen LogP) is 3.66. The highest BCUT2D eigenvalue weighted by Crippen LogP contribution is 2.28. The van der Waals surface area contributed by atoms with Crippen LogP contribution in [0.1, 0.15) is 49.5 Å². The number of aliphatic hydroxyl groups is 3. The van der Waals surface area contributed by atoms with Gasteiger partial charge < -0.3 is 20.1 Å². The fourth-order valence-corrected chi connectivity index (χ4v) is 2.58. The van der Waals surface area contributed by atoms with Crippen LogP contribution in [0, 0.1) is 6.92 Å². The normalized spacial score (nSPS) is 14.0. The Hall–Kier alpha value is -2.65. The van der Waals surface area contributed by atoms with E-state index in [0.717, 1.165) is 19.1 Å². The highest BCUT2D eigenvalue weighted by atomic mass is 19.1. The third kappa shape index (κ3) is 12.2. The Morgan fingerprint density at radius 1 is 1.18 bits per heavy atom. The molecule has 33 heavy (non-hydrogen) atoms. The third-order valence-corrected chi connectivity index (χ3v) is 4.15. The lowest BCUT2D eigenvalue weighted by Gasteiger charge is -2.13. The van der Waals surface area contributed by atoms with Crippen molar-refractivity contribution in [2.75, 3.05) is 33.9 Å². The van der Waals surface area contributed by atoms with Gasteiger partial charge in [0.1, 0.15) is 6.23 Å². The van der Waals surface area contributed by atoms with Crippen molar-refractivity contribution in [2.45, 2.75) is 39.6 Å². The lowest BCUT2D eigenvalue weighted by Crippen LogP contribution is -2.22. The molecule has 1 aliphatic heterocycles. The lowest BCUT2D eigenvalue weighted by atomic mass is 10.0. The maximum Gasteiger partial charge on any atom is 0.208 e. The number of nitrogens with one attached hydrogen (secondary N) is 1. The van der Waals surface area contributed by atoms with E-state index in [-0.39, 0.29) is 6.61 Å². The van der Waals surface area contributed by atoms with E-state index in [9.17, 15) is 5.11 Å². The van der Waals surface area contributed by atoms with Gasteiger partial charge in [-0.25, -0.2) is 9.38 Å². The van der Waals surface area contributed by atoms with Gasteiger partial charge in [-0.15, -0.1) is 0 Å². The second-order valence-electron chi connectivity index (χ2n) is 6.75. The number of hydrogen-bond acceptors (Lipinski definition) is 7. The van der Waals surface area contributed by atoms with E-state index < -0.39 is 12.4 Å². The largest absolute Gasteiger partial charge is 0.481 e. The first-order valence-electron chi connectivity index (χ1n) is 10.8. The Balaban J connectivity index is 0.00000189. The molecule has 2 unspecified atom stereocenters. The second kappa shape index (κ2) is 18.9. The van der Waals surface area contributed by atoms with Gasteiger partial charge in [0.2, 0.25) is 5.90 Å². The fraction of sp³-hybridized carbons (Fsp3) is 0.440. The van der Waals surface area contributed by atoms with Crippen molar-refractivity contribution >= 4 is 5.90 Å². The second-order valence-corrected chi connectivity index (χ2v) is 6.75. The molecule has 0 amide bonds. The molecule has 184 valence electrons. The first-order valence-corrected chi connectivity index (χ1v) is 10.8. The number of hydrogen-bond donors (Lipinski definition) is 4. The van der Waals surface area contributed by atoms with E-state index in [2.05, 4.69) is 15.3 Å². The number of halogens is 1.